The second-order valence-electron chi connectivity index (χ2n) is 2.26. The summed E-state index contributed by atoms with van der Waals surface area (Å²) in [5, 5.41) is 0. The van der Waals surface area contributed by atoms with Crippen molar-refractivity contribution in [2.45, 2.75) is 6.16 Å². The molecule has 13 heavy (non-hydrogen) atoms. The van der Waals surface area contributed by atoms with Crippen LogP contribution in [-0.4, -0.2) is 9.68 Å². The van der Waals surface area contributed by atoms with E-state index in [0.29, 0.717) is 4.90 Å². The first-order valence-electron chi connectivity index (χ1n) is 3.22. The van der Waals surface area contributed by atoms with E-state index in [1.54, 1.807) is 24.3 Å². The Morgan fingerprint density at radius 1 is 1.15 bits per heavy atom. The highest BCUT2D eigenvalue weighted by Crippen LogP contribution is 2.26. The molecule has 0 saturated carbocycles. The lowest BCUT2D eigenvalue weighted by atomic mass is 10.4. The SMILES string of the molecule is O=S(=O)(c1ccc(Br)cc1)C(I)I. The molecule has 1 rings (SSSR count). The van der Waals surface area contributed by atoms with E-state index in [9.17, 15) is 8.42 Å². The van der Waals surface area contributed by atoms with Crippen molar-refractivity contribution >= 4 is 70.9 Å². The maximum Gasteiger partial charge on any atom is 0.199 e. The summed E-state index contributed by atoms with van der Waals surface area (Å²) in [5.41, 5.74) is 0. The lowest BCUT2D eigenvalue weighted by Gasteiger charge is -2.04. The van der Waals surface area contributed by atoms with Gasteiger partial charge in [-0.3, -0.25) is 0 Å². The fraction of sp³-hybridized carbons (Fsp3) is 0.143. The van der Waals surface area contributed by atoms with E-state index in [-0.39, 0.29) is 0 Å². The Hall–Kier alpha value is 1.11. The Morgan fingerprint density at radius 2 is 1.62 bits per heavy atom. The molecule has 72 valence electrons. The Bertz CT molecular complexity index is 385. The molecule has 0 aromatic heterocycles. The van der Waals surface area contributed by atoms with Crippen molar-refractivity contribution in [3.8, 4) is 0 Å². The lowest BCUT2D eigenvalue weighted by Crippen LogP contribution is -2.07. The molecule has 0 aliphatic heterocycles. The molecule has 0 heterocycles. The van der Waals surface area contributed by atoms with Crippen molar-refractivity contribution in [3.05, 3.63) is 28.7 Å². The number of halogens is 3. The zero-order chi connectivity index (χ0) is 10.1. The zero-order valence-corrected chi connectivity index (χ0v) is 13.0. The summed E-state index contributed by atoms with van der Waals surface area (Å²) in [5.74, 6) is 0. The van der Waals surface area contributed by atoms with Crippen LogP contribution in [0.4, 0.5) is 0 Å². The van der Waals surface area contributed by atoms with Crippen molar-refractivity contribution in [3.63, 3.8) is 0 Å². The highest BCUT2D eigenvalue weighted by atomic mass is 127. The van der Waals surface area contributed by atoms with Crippen LogP contribution >= 0.6 is 61.1 Å². The summed E-state index contributed by atoms with van der Waals surface area (Å²) in [4.78, 5) is 0.365. The third-order valence-electron chi connectivity index (χ3n) is 1.38. The van der Waals surface area contributed by atoms with Crippen molar-refractivity contribution in [2.75, 3.05) is 0 Å². The van der Waals surface area contributed by atoms with Gasteiger partial charge in [0.2, 0.25) is 0 Å². The van der Waals surface area contributed by atoms with Crippen molar-refractivity contribution < 1.29 is 8.42 Å². The lowest BCUT2D eigenvalue weighted by molar-refractivity contribution is 0.600. The molecule has 2 nitrogen and oxygen atoms in total. The molecule has 0 amide bonds. The van der Waals surface area contributed by atoms with Crippen LogP contribution in [0.2, 0.25) is 0 Å². The Labute approximate surface area is 113 Å². The normalized spacial score (nSPS) is 12.0. The van der Waals surface area contributed by atoms with Crippen LogP contribution in [0.1, 0.15) is 0 Å². The molecule has 6 heteroatoms. The summed E-state index contributed by atoms with van der Waals surface area (Å²) in [6.07, 6.45) is 0. The monoisotopic (exact) mass is 486 g/mol. The predicted octanol–water partition coefficient (Wildman–Crippen LogP) is 3.38. The van der Waals surface area contributed by atoms with E-state index in [4.69, 9.17) is 0 Å². The van der Waals surface area contributed by atoms with Gasteiger partial charge in [0.05, 0.1) is 4.90 Å². The van der Waals surface area contributed by atoms with Gasteiger partial charge < -0.3 is 0 Å². The van der Waals surface area contributed by atoms with Crippen LogP contribution < -0.4 is 0 Å². The molecule has 0 spiro atoms. The molecular weight excluding hydrogens is 482 g/mol. The maximum absolute atomic E-state index is 11.6. The minimum atomic E-state index is -3.14. The van der Waals surface area contributed by atoms with E-state index in [1.165, 1.54) is 0 Å². The summed E-state index contributed by atoms with van der Waals surface area (Å²) in [7, 11) is -3.14. The quantitative estimate of drug-likeness (QED) is 0.474. The molecule has 0 N–H and O–H groups in total. The van der Waals surface area contributed by atoms with Gasteiger partial charge in [0, 0.05) is 4.47 Å². The predicted molar refractivity (Wildman–Crippen MR) is 73.2 cm³/mol. The smallest absolute Gasteiger partial charge is 0.199 e. The Kier molecular flexibility index (Phi) is 4.45. The van der Waals surface area contributed by atoms with E-state index in [0.717, 1.165) is 4.47 Å². The van der Waals surface area contributed by atoms with Crippen molar-refractivity contribution in [1.29, 1.82) is 0 Å². The topological polar surface area (TPSA) is 34.1 Å². The molecule has 0 atom stereocenters. The second-order valence-corrected chi connectivity index (χ2v) is 11.8. The minimum Gasteiger partial charge on any atom is -0.222 e. The van der Waals surface area contributed by atoms with E-state index >= 15 is 0 Å². The maximum atomic E-state index is 11.6. The van der Waals surface area contributed by atoms with E-state index in [1.807, 2.05) is 45.2 Å². The van der Waals surface area contributed by atoms with Gasteiger partial charge in [-0.15, -0.1) is 0 Å². The third kappa shape index (κ3) is 3.03. The van der Waals surface area contributed by atoms with Crippen LogP contribution in [0.3, 0.4) is 0 Å². The average Bonchev–Trinajstić information content (AvgIpc) is 2.04. The molecule has 0 aliphatic rings. The Morgan fingerprint density at radius 3 is 2.00 bits per heavy atom. The highest BCUT2D eigenvalue weighted by molar-refractivity contribution is 14.2. The minimum absolute atomic E-state index is 0.365. The molecule has 0 bridgehead atoms. The van der Waals surface area contributed by atoms with Crippen molar-refractivity contribution in [1.82, 2.24) is 0 Å². The van der Waals surface area contributed by atoms with Crippen LogP contribution in [0.5, 0.6) is 0 Å². The molecule has 0 saturated heterocycles. The van der Waals surface area contributed by atoms with Gasteiger partial charge in [-0.2, -0.15) is 0 Å². The van der Waals surface area contributed by atoms with E-state index in [2.05, 4.69) is 15.9 Å². The fourth-order valence-electron chi connectivity index (χ4n) is 0.727. The number of hydrogen-bond acceptors (Lipinski definition) is 2. The first-order chi connectivity index (χ1) is 5.94. The Balaban J connectivity index is 3.17. The molecule has 0 unspecified atom stereocenters. The first kappa shape index (κ1) is 12.2. The number of benzene rings is 1. The van der Waals surface area contributed by atoms with Crippen LogP contribution in [0.15, 0.2) is 33.6 Å². The number of alkyl halides is 2. The van der Waals surface area contributed by atoms with Gasteiger partial charge in [-0.05, 0) is 24.3 Å². The van der Waals surface area contributed by atoms with Gasteiger partial charge in [0.25, 0.3) is 0 Å². The van der Waals surface area contributed by atoms with Gasteiger partial charge in [0.15, 0.2) is 11.1 Å². The van der Waals surface area contributed by atoms with Crippen LogP contribution in [-0.2, 0) is 9.84 Å². The van der Waals surface area contributed by atoms with Crippen molar-refractivity contribution in [2.24, 2.45) is 0 Å². The standard InChI is InChI=1S/C7H5BrI2O2S/c8-5-1-3-6(4-2-5)13(11,12)7(9)10/h1-4,7H. The van der Waals surface area contributed by atoms with Crippen LogP contribution in [0.25, 0.3) is 0 Å². The van der Waals surface area contributed by atoms with Gasteiger partial charge in [-0.1, -0.05) is 61.1 Å². The molecule has 0 aliphatic carbocycles. The average molecular weight is 487 g/mol. The summed E-state index contributed by atoms with van der Waals surface area (Å²) < 4.78 is 23.7. The van der Waals surface area contributed by atoms with Gasteiger partial charge in [-0.25, -0.2) is 8.42 Å². The number of sulfone groups is 1. The first-order valence-corrected chi connectivity index (χ1v) is 8.05. The van der Waals surface area contributed by atoms with Crippen LogP contribution in [0, 0.1) is 0 Å². The number of hydrogen-bond donors (Lipinski definition) is 0. The molecule has 0 radical (unpaired) electrons. The fourth-order valence-corrected chi connectivity index (χ4v) is 3.47. The molecule has 1 aromatic carbocycles. The molecule has 0 fully saturated rings. The van der Waals surface area contributed by atoms with Gasteiger partial charge >= 0.3 is 0 Å². The number of rotatable bonds is 2. The highest BCUT2D eigenvalue weighted by Gasteiger charge is 2.21. The van der Waals surface area contributed by atoms with Gasteiger partial charge in [0.1, 0.15) is 0 Å². The van der Waals surface area contributed by atoms with E-state index < -0.39 is 11.1 Å². The molecule has 1 aromatic rings. The summed E-state index contributed by atoms with van der Waals surface area (Å²) in [6.45, 7) is 0. The summed E-state index contributed by atoms with van der Waals surface area (Å²) >= 11 is 7.02. The largest absolute Gasteiger partial charge is 0.222 e. The second kappa shape index (κ2) is 4.75. The molecular formula is C7H5BrI2O2S. The summed E-state index contributed by atoms with van der Waals surface area (Å²) in [6, 6.07) is 6.65. The zero-order valence-electron chi connectivity index (χ0n) is 6.25. The third-order valence-corrected chi connectivity index (χ3v) is 7.32.